The van der Waals surface area contributed by atoms with E-state index in [0.29, 0.717) is 17.5 Å². The normalized spacial score (nSPS) is 14.1. The number of carbonyl (C=O) groups excluding carboxylic acids is 1. The van der Waals surface area contributed by atoms with E-state index in [1.807, 2.05) is 34.9 Å². The Hall–Kier alpha value is -4.00. The molecule has 0 aliphatic heterocycles. The Bertz CT molecular complexity index is 1480. The highest BCUT2D eigenvalue weighted by Gasteiger charge is 2.17. The average Bonchev–Trinajstić information content (AvgIpc) is 3.50. The fraction of sp³-hybridized carbons (Fsp3) is 0.250. The molecular weight excluding hydrogens is 441 g/mol. The summed E-state index contributed by atoms with van der Waals surface area (Å²) in [5, 5.41) is 1.05. The van der Waals surface area contributed by atoms with Crippen molar-refractivity contribution in [2.75, 3.05) is 5.73 Å². The third-order valence-corrected chi connectivity index (χ3v) is 6.72. The Balaban J connectivity index is 0.000000239. The first-order chi connectivity index (χ1) is 17.0. The van der Waals surface area contributed by atoms with Crippen LogP contribution in [-0.2, 0) is 4.79 Å². The Morgan fingerprint density at radius 1 is 1.09 bits per heavy atom. The van der Waals surface area contributed by atoms with E-state index in [1.165, 1.54) is 31.4 Å². The summed E-state index contributed by atoms with van der Waals surface area (Å²) >= 11 is 0. The minimum atomic E-state index is -0.249. The Morgan fingerprint density at radius 3 is 2.57 bits per heavy atom. The molecule has 1 fully saturated rings. The lowest BCUT2D eigenvalue weighted by Gasteiger charge is -2.17. The second-order valence-electron chi connectivity index (χ2n) is 9.07. The van der Waals surface area contributed by atoms with E-state index in [4.69, 9.17) is 5.73 Å². The molecule has 3 N–H and O–H groups in total. The molecule has 6 rings (SSSR count). The number of aromatic nitrogens is 4. The fourth-order valence-electron chi connectivity index (χ4n) is 4.83. The van der Waals surface area contributed by atoms with Gasteiger partial charge in [0.1, 0.15) is 35.0 Å². The molecule has 0 atom stereocenters. The van der Waals surface area contributed by atoms with Crippen molar-refractivity contribution in [1.29, 1.82) is 0 Å². The molecule has 35 heavy (non-hydrogen) atoms. The summed E-state index contributed by atoms with van der Waals surface area (Å²) in [6.07, 6.45) is 11.3. The van der Waals surface area contributed by atoms with Gasteiger partial charge in [-0.2, -0.15) is 0 Å². The van der Waals surface area contributed by atoms with Gasteiger partial charge in [0.15, 0.2) is 0 Å². The third-order valence-electron chi connectivity index (χ3n) is 6.72. The molecule has 7 heteroatoms. The van der Waals surface area contributed by atoms with Crippen molar-refractivity contribution in [3.63, 3.8) is 0 Å². The van der Waals surface area contributed by atoms with Gasteiger partial charge >= 0.3 is 0 Å². The number of rotatable bonds is 3. The lowest BCUT2D eigenvalue weighted by atomic mass is 9.87. The molecule has 2 aromatic carbocycles. The second-order valence-corrected chi connectivity index (χ2v) is 9.07. The predicted octanol–water partition coefficient (Wildman–Crippen LogP) is 6.42. The Morgan fingerprint density at radius 2 is 1.86 bits per heavy atom. The van der Waals surface area contributed by atoms with Gasteiger partial charge in [-0.15, -0.1) is 0 Å². The first-order valence-electron chi connectivity index (χ1n) is 12.0. The molecule has 0 unspecified atom stereocenters. The quantitative estimate of drug-likeness (QED) is 0.319. The maximum atomic E-state index is 13.3. The van der Waals surface area contributed by atoms with Gasteiger partial charge in [0, 0.05) is 29.3 Å². The van der Waals surface area contributed by atoms with Crippen LogP contribution in [0.2, 0.25) is 0 Å². The van der Waals surface area contributed by atoms with E-state index in [-0.39, 0.29) is 5.82 Å². The Labute approximate surface area is 203 Å². The van der Waals surface area contributed by atoms with Gasteiger partial charge < -0.3 is 15.1 Å². The molecule has 0 bridgehead atoms. The maximum absolute atomic E-state index is 13.3. The number of aromatic amines is 1. The zero-order valence-electron chi connectivity index (χ0n) is 19.7. The first kappa shape index (κ1) is 22.8. The highest BCUT2D eigenvalue weighted by Crippen LogP contribution is 2.33. The number of para-hydroxylation sites is 1. The van der Waals surface area contributed by atoms with Crippen LogP contribution in [0.1, 0.15) is 39.0 Å². The number of nitrogens with zero attached hydrogens (tertiary/aromatic N) is 3. The molecular formula is C28H28FN5O. The van der Waals surface area contributed by atoms with Gasteiger partial charge in [0.25, 0.3) is 0 Å². The number of benzene rings is 2. The SMILES string of the molecule is CC(=O)C1CCCCC1.Nc1nccn2cnc(-c3cc4cccc(-c5ccc(F)cc5)c4[nH]3)c12. The number of Topliss-reactive ketones (excluding diaryl/α,β-unsaturated/α-hetero) is 1. The van der Waals surface area contributed by atoms with Crippen molar-refractivity contribution in [2.45, 2.75) is 39.0 Å². The number of nitrogens with two attached hydrogens (primary N) is 1. The van der Waals surface area contributed by atoms with E-state index in [0.717, 1.165) is 51.8 Å². The smallest absolute Gasteiger partial charge is 0.150 e. The van der Waals surface area contributed by atoms with Crippen molar-refractivity contribution < 1.29 is 9.18 Å². The summed E-state index contributed by atoms with van der Waals surface area (Å²) < 4.78 is 15.1. The molecule has 1 aliphatic carbocycles. The van der Waals surface area contributed by atoms with Crippen LogP contribution in [0, 0.1) is 11.7 Å². The van der Waals surface area contributed by atoms with Crippen LogP contribution in [0.25, 0.3) is 38.9 Å². The third kappa shape index (κ3) is 4.67. The molecule has 0 amide bonds. The molecule has 5 aromatic rings. The number of nitrogens with one attached hydrogen (secondary N) is 1. The zero-order chi connectivity index (χ0) is 24.4. The van der Waals surface area contributed by atoms with Gasteiger partial charge in [0.05, 0.1) is 11.2 Å². The highest BCUT2D eigenvalue weighted by molar-refractivity contribution is 5.98. The lowest BCUT2D eigenvalue weighted by molar-refractivity contribution is -0.121. The van der Waals surface area contributed by atoms with E-state index in [2.05, 4.69) is 15.0 Å². The molecule has 0 saturated heterocycles. The number of imidazole rings is 1. The van der Waals surface area contributed by atoms with Crippen molar-refractivity contribution in [2.24, 2.45) is 5.92 Å². The van der Waals surface area contributed by atoms with Crippen molar-refractivity contribution in [1.82, 2.24) is 19.4 Å². The predicted molar refractivity (Wildman–Crippen MR) is 137 cm³/mol. The van der Waals surface area contributed by atoms with Gasteiger partial charge in [-0.3, -0.25) is 4.79 Å². The molecule has 0 spiro atoms. The summed E-state index contributed by atoms with van der Waals surface area (Å²) in [4.78, 5) is 22.9. The minimum absolute atomic E-state index is 0.249. The number of nitrogen functional groups attached to an aromatic ring is 1. The van der Waals surface area contributed by atoms with Crippen LogP contribution in [0.3, 0.4) is 0 Å². The first-order valence-corrected chi connectivity index (χ1v) is 12.0. The molecule has 0 radical (unpaired) electrons. The van der Waals surface area contributed by atoms with E-state index >= 15 is 0 Å². The van der Waals surface area contributed by atoms with Gasteiger partial charge in [0.2, 0.25) is 0 Å². The number of H-pyrrole nitrogens is 1. The number of halogens is 1. The van der Waals surface area contributed by atoms with Gasteiger partial charge in [-0.25, -0.2) is 14.4 Å². The number of anilines is 1. The van der Waals surface area contributed by atoms with Gasteiger partial charge in [-0.1, -0.05) is 49.6 Å². The van der Waals surface area contributed by atoms with Crippen LogP contribution in [0.15, 0.2) is 67.3 Å². The minimum Gasteiger partial charge on any atom is -0.382 e. The summed E-state index contributed by atoms with van der Waals surface area (Å²) in [5.41, 5.74) is 11.3. The summed E-state index contributed by atoms with van der Waals surface area (Å²) in [6, 6.07) is 14.5. The summed E-state index contributed by atoms with van der Waals surface area (Å²) in [5.74, 6) is 0.992. The second kappa shape index (κ2) is 9.70. The largest absolute Gasteiger partial charge is 0.382 e. The number of carbonyl (C=O) groups is 1. The Kier molecular flexibility index (Phi) is 6.31. The number of fused-ring (bicyclic) bond motifs is 2. The number of hydrogen-bond donors (Lipinski definition) is 2. The maximum Gasteiger partial charge on any atom is 0.150 e. The van der Waals surface area contributed by atoms with Crippen molar-refractivity contribution >= 4 is 28.0 Å². The van der Waals surface area contributed by atoms with Crippen LogP contribution < -0.4 is 5.73 Å². The van der Waals surface area contributed by atoms with E-state index in [1.54, 1.807) is 31.6 Å². The van der Waals surface area contributed by atoms with E-state index < -0.39 is 0 Å². The molecule has 1 aliphatic rings. The molecule has 3 heterocycles. The number of hydrogen-bond acceptors (Lipinski definition) is 4. The van der Waals surface area contributed by atoms with Crippen LogP contribution in [0.4, 0.5) is 10.2 Å². The average molecular weight is 470 g/mol. The van der Waals surface area contributed by atoms with Crippen LogP contribution >= 0.6 is 0 Å². The van der Waals surface area contributed by atoms with Crippen LogP contribution in [0.5, 0.6) is 0 Å². The topological polar surface area (TPSA) is 89.1 Å². The highest BCUT2D eigenvalue weighted by atomic mass is 19.1. The lowest BCUT2D eigenvalue weighted by Crippen LogP contribution is -2.13. The van der Waals surface area contributed by atoms with Gasteiger partial charge in [-0.05, 0) is 43.5 Å². The van der Waals surface area contributed by atoms with Crippen molar-refractivity contribution in [3.8, 4) is 22.5 Å². The summed E-state index contributed by atoms with van der Waals surface area (Å²) in [7, 11) is 0. The van der Waals surface area contributed by atoms with Crippen molar-refractivity contribution in [3.05, 3.63) is 73.1 Å². The zero-order valence-corrected chi connectivity index (χ0v) is 19.7. The molecule has 6 nitrogen and oxygen atoms in total. The number of ketones is 1. The summed E-state index contributed by atoms with van der Waals surface area (Å²) in [6.45, 7) is 1.72. The molecule has 178 valence electrons. The van der Waals surface area contributed by atoms with Crippen LogP contribution in [-0.4, -0.2) is 25.1 Å². The standard InChI is InChI=1S/C20H14FN5.C8H14O/c21-14-6-4-12(5-7-14)15-3-1-2-13-10-16(25-17(13)15)18-19-20(22)23-8-9-26(19)11-24-18;1-7(9)8-5-3-2-4-6-8/h1-11,25H,(H2,22,23);8H,2-6H2,1H3. The fourth-order valence-corrected chi connectivity index (χ4v) is 4.83. The van der Waals surface area contributed by atoms with E-state index in [9.17, 15) is 9.18 Å². The molecule has 3 aromatic heterocycles. The monoisotopic (exact) mass is 469 g/mol. The molecule has 1 saturated carbocycles.